The van der Waals surface area contributed by atoms with E-state index in [1.807, 2.05) is 13.0 Å². The molecule has 4 heteroatoms. The molecule has 1 aliphatic carbocycles. The van der Waals surface area contributed by atoms with Gasteiger partial charge in [0.25, 0.3) is 0 Å². The minimum atomic E-state index is 0.0388. The predicted molar refractivity (Wildman–Crippen MR) is 72.7 cm³/mol. The molecule has 98 valence electrons. The van der Waals surface area contributed by atoms with E-state index in [2.05, 4.69) is 33.5 Å². The van der Waals surface area contributed by atoms with Gasteiger partial charge >= 0.3 is 0 Å². The van der Waals surface area contributed by atoms with Gasteiger partial charge in [0.05, 0.1) is 24.5 Å². The second-order valence-electron chi connectivity index (χ2n) is 5.01. The van der Waals surface area contributed by atoms with Crippen LogP contribution in [0, 0.1) is 6.92 Å². The number of carbonyl (C=O) groups is 1. The molecule has 1 aromatic heterocycles. The molecular formula is C15H17N3O. The summed E-state index contributed by atoms with van der Waals surface area (Å²) in [6, 6.07) is 8.48. The number of nitrogens with zero attached hydrogens (tertiary/aromatic N) is 1. The Morgan fingerprint density at radius 3 is 3.11 bits per heavy atom. The van der Waals surface area contributed by atoms with Gasteiger partial charge in [-0.25, -0.2) is 4.98 Å². The highest BCUT2D eigenvalue weighted by Gasteiger charge is 2.23. The quantitative estimate of drug-likeness (QED) is 0.882. The summed E-state index contributed by atoms with van der Waals surface area (Å²) in [7, 11) is 0. The average Bonchev–Trinajstić information content (AvgIpc) is 2.98. The van der Waals surface area contributed by atoms with Gasteiger partial charge in [0.1, 0.15) is 0 Å². The lowest BCUT2D eigenvalue weighted by Gasteiger charge is -2.13. The Hall–Kier alpha value is -2.10. The van der Waals surface area contributed by atoms with E-state index < -0.39 is 0 Å². The molecule has 4 nitrogen and oxygen atoms in total. The summed E-state index contributed by atoms with van der Waals surface area (Å²) in [5.74, 6) is 0.0388. The molecule has 1 heterocycles. The van der Waals surface area contributed by atoms with Crippen LogP contribution in [0.5, 0.6) is 0 Å². The molecule has 0 aliphatic heterocycles. The number of aryl methyl sites for hydroxylation is 2. The highest BCUT2D eigenvalue weighted by molar-refractivity contribution is 5.79. The van der Waals surface area contributed by atoms with E-state index in [4.69, 9.17) is 0 Å². The molecule has 0 spiro atoms. The first kappa shape index (κ1) is 12.0. The molecule has 1 amide bonds. The Bertz CT molecular complexity index is 603. The Morgan fingerprint density at radius 1 is 1.47 bits per heavy atom. The molecule has 1 unspecified atom stereocenters. The Kier molecular flexibility index (Phi) is 3.07. The number of amides is 1. The number of rotatable bonds is 3. The minimum absolute atomic E-state index is 0.0388. The van der Waals surface area contributed by atoms with E-state index >= 15 is 0 Å². The first-order valence-electron chi connectivity index (χ1n) is 6.60. The summed E-state index contributed by atoms with van der Waals surface area (Å²) in [6.07, 6.45) is 4.00. The molecule has 0 radical (unpaired) electrons. The lowest BCUT2D eigenvalue weighted by Crippen LogP contribution is -2.28. The maximum atomic E-state index is 12.1. The Morgan fingerprint density at radius 2 is 2.32 bits per heavy atom. The van der Waals surface area contributed by atoms with E-state index in [0.29, 0.717) is 6.42 Å². The summed E-state index contributed by atoms with van der Waals surface area (Å²) >= 11 is 0. The molecule has 0 bridgehead atoms. The highest BCUT2D eigenvalue weighted by atomic mass is 16.1. The SMILES string of the molecule is Cc1[nH]cnc1CC(=O)NC1CCc2ccccc21. The van der Waals surface area contributed by atoms with Crippen molar-refractivity contribution in [2.24, 2.45) is 0 Å². The second-order valence-corrected chi connectivity index (χ2v) is 5.01. The van der Waals surface area contributed by atoms with Crippen molar-refractivity contribution in [3.63, 3.8) is 0 Å². The number of H-pyrrole nitrogens is 1. The van der Waals surface area contributed by atoms with Gasteiger partial charge in [-0.3, -0.25) is 4.79 Å². The van der Waals surface area contributed by atoms with Crippen molar-refractivity contribution in [2.45, 2.75) is 32.2 Å². The average molecular weight is 255 g/mol. The Labute approximate surface area is 112 Å². The summed E-state index contributed by atoms with van der Waals surface area (Å²) in [5, 5.41) is 3.11. The largest absolute Gasteiger partial charge is 0.349 e. The lowest BCUT2D eigenvalue weighted by atomic mass is 10.1. The third-order valence-electron chi connectivity index (χ3n) is 3.73. The van der Waals surface area contributed by atoms with Crippen LogP contribution in [-0.2, 0) is 17.6 Å². The smallest absolute Gasteiger partial charge is 0.226 e. The van der Waals surface area contributed by atoms with Gasteiger partial charge in [-0.15, -0.1) is 0 Å². The Balaban J connectivity index is 1.67. The van der Waals surface area contributed by atoms with Gasteiger partial charge < -0.3 is 10.3 Å². The number of aromatic amines is 1. The van der Waals surface area contributed by atoms with Crippen molar-refractivity contribution in [2.75, 3.05) is 0 Å². The fraction of sp³-hybridized carbons (Fsp3) is 0.333. The minimum Gasteiger partial charge on any atom is -0.349 e. The number of hydrogen-bond donors (Lipinski definition) is 2. The fourth-order valence-corrected chi connectivity index (χ4v) is 2.67. The molecule has 2 aromatic rings. The zero-order valence-electron chi connectivity index (χ0n) is 10.9. The number of imidazole rings is 1. The fourth-order valence-electron chi connectivity index (χ4n) is 2.67. The number of aromatic nitrogens is 2. The van der Waals surface area contributed by atoms with Gasteiger partial charge in [-0.1, -0.05) is 24.3 Å². The van der Waals surface area contributed by atoms with Crippen LogP contribution in [0.3, 0.4) is 0 Å². The maximum Gasteiger partial charge on any atom is 0.226 e. The zero-order chi connectivity index (χ0) is 13.2. The molecule has 2 N–H and O–H groups in total. The van der Waals surface area contributed by atoms with Crippen LogP contribution in [0.2, 0.25) is 0 Å². The summed E-state index contributed by atoms with van der Waals surface area (Å²) < 4.78 is 0. The van der Waals surface area contributed by atoms with Gasteiger partial charge in [0.2, 0.25) is 5.91 Å². The number of carbonyl (C=O) groups excluding carboxylic acids is 1. The van der Waals surface area contributed by atoms with E-state index in [9.17, 15) is 4.79 Å². The zero-order valence-corrected chi connectivity index (χ0v) is 10.9. The molecule has 0 saturated carbocycles. The van der Waals surface area contributed by atoms with Crippen LogP contribution in [0.15, 0.2) is 30.6 Å². The molecule has 1 aliphatic rings. The van der Waals surface area contributed by atoms with Crippen molar-refractivity contribution < 1.29 is 4.79 Å². The van der Waals surface area contributed by atoms with Crippen LogP contribution in [0.25, 0.3) is 0 Å². The molecule has 1 aromatic carbocycles. The van der Waals surface area contributed by atoms with Crippen molar-refractivity contribution in [3.05, 3.63) is 53.1 Å². The summed E-state index contributed by atoms with van der Waals surface area (Å²) in [6.45, 7) is 1.93. The maximum absolute atomic E-state index is 12.1. The van der Waals surface area contributed by atoms with Crippen molar-refractivity contribution >= 4 is 5.91 Å². The van der Waals surface area contributed by atoms with E-state index in [0.717, 1.165) is 24.2 Å². The predicted octanol–water partition coefficient (Wildman–Crippen LogP) is 2.06. The molecule has 19 heavy (non-hydrogen) atoms. The molecule has 3 rings (SSSR count). The lowest BCUT2D eigenvalue weighted by molar-refractivity contribution is -0.121. The van der Waals surface area contributed by atoms with Gasteiger partial charge in [0.15, 0.2) is 0 Å². The summed E-state index contributed by atoms with van der Waals surface area (Å²) in [4.78, 5) is 19.2. The standard InChI is InChI=1S/C15H17N3O/c1-10-14(17-9-16-10)8-15(19)18-13-7-6-11-4-2-3-5-12(11)13/h2-5,9,13H,6-8H2,1H3,(H,16,17)(H,18,19). The molecule has 0 saturated heterocycles. The van der Waals surface area contributed by atoms with Crippen LogP contribution in [0.1, 0.15) is 35.0 Å². The number of nitrogens with one attached hydrogen (secondary N) is 2. The number of fused-ring (bicyclic) bond motifs is 1. The third-order valence-corrected chi connectivity index (χ3v) is 3.73. The van der Waals surface area contributed by atoms with Gasteiger partial charge in [-0.2, -0.15) is 0 Å². The first-order valence-corrected chi connectivity index (χ1v) is 6.60. The monoisotopic (exact) mass is 255 g/mol. The molecular weight excluding hydrogens is 238 g/mol. The first-order chi connectivity index (χ1) is 9.24. The van der Waals surface area contributed by atoms with Crippen molar-refractivity contribution in [3.8, 4) is 0 Å². The summed E-state index contributed by atoms with van der Waals surface area (Å²) in [5.41, 5.74) is 4.39. The molecule has 0 fully saturated rings. The van der Waals surface area contributed by atoms with Crippen LogP contribution >= 0.6 is 0 Å². The third kappa shape index (κ3) is 2.38. The normalized spacial score (nSPS) is 17.2. The van der Waals surface area contributed by atoms with Gasteiger partial charge in [-0.05, 0) is 30.9 Å². The second kappa shape index (κ2) is 4.88. The topological polar surface area (TPSA) is 57.8 Å². The van der Waals surface area contributed by atoms with Gasteiger partial charge in [0, 0.05) is 5.69 Å². The van der Waals surface area contributed by atoms with Crippen molar-refractivity contribution in [1.29, 1.82) is 0 Å². The van der Waals surface area contributed by atoms with Crippen molar-refractivity contribution in [1.82, 2.24) is 15.3 Å². The van der Waals surface area contributed by atoms with Crippen LogP contribution < -0.4 is 5.32 Å². The highest BCUT2D eigenvalue weighted by Crippen LogP contribution is 2.30. The van der Waals surface area contributed by atoms with E-state index in [1.54, 1.807) is 6.33 Å². The van der Waals surface area contributed by atoms with Crippen LogP contribution in [0.4, 0.5) is 0 Å². The molecule has 1 atom stereocenters. The number of hydrogen-bond acceptors (Lipinski definition) is 2. The number of benzene rings is 1. The van der Waals surface area contributed by atoms with E-state index in [1.165, 1.54) is 11.1 Å². The van der Waals surface area contributed by atoms with E-state index in [-0.39, 0.29) is 11.9 Å². The van der Waals surface area contributed by atoms with Crippen LogP contribution in [-0.4, -0.2) is 15.9 Å².